The van der Waals surface area contributed by atoms with E-state index < -0.39 is 0 Å². The van der Waals surface area contributed by atoms with Gasteiger partial charge in [0.1, 0.15) is 11.6 Å². The second-order valence-electron chi connectivity index (χ2n) is 6.70. The first-order chi connectivity index (χ1) is 13.6. The fourth-order valence-corrected chi connectivity index (χ4v) is 2.86. The molecular formula is C21H22N4O3. The first-order valence-electron chi connectivity index (χ1n) is 9.12. The van der Waals surface area contributed by atoms with Gasteiger partial charge in [0, 0.05) is 23.5 Å². The van der Waals surface area contributed by atoms with Gasteiger partial charge in [0.15, 0.2) is 11.5 Å². The molecule has 0 saturated carbocycles. The van der Waals surface area contributed by atoms with Crippen LogP contribution < -0.4 is 24.8 Å². The molecular weight excluding hydrogens is 356 g/mol. The highest BCUT2D eigenvalue weighted by Crippen LogP contribution is 2.35. The van der Waals surface area contributed by atoms with Crippen molar-refractivity contribution in [2.24, 2.45) is 0 Å². The van der Waals surface area contributed by atoms with Gasteiger partial charge in [-0.1, -0.05) is 12.1 Å². The number of aromatic nitrogens is 2. The minimum atomic E-state index is 0.0818. The van der Waals surface area contributed by atoms with Crippen LogP contribution in [0.15, 0.2) is 48.5 Å². The third-order valence-electron chi connectivity index (χ3n) is 4.00. The molecule has 2 N–H and O–H groups in total. The van der Waals surface area contributed by atoms with Crippen LogP contribution in [0.1, 0.15) is 19.5 Å². The van der Waals surface area contributed by atoms with Gasteiger partial charge in [0.05, 0.1) is 11.8 Å². The molecule has 0 bridgehead atoms. The van der Waals surface area contributed by atoms with Crippen molar-refractivity contribution in [3.63, 3.8) is 0 Å². The normalized spacial score (nSPS) is 12.1. The maximum absolute atomic E-state index is 5.87. The number of hydrogen-bond acceptors (Lipinski definition) is 7. The van der Waals surface area contributed by atoms with Crippen LogP contribution in [0, 0.1) is 6.92 Å². The lowest BCUT2D eigenvalue weighted by Gasteiger charge is -2.16. The van der Waals surface area contributed by atoms with Crippen LogP contribution in [0.5, 0.6) is 17.2 Å². The standard InChI is InChI=1S/C21H22N4O3/c1-13(2)28-17-7-5-4-6-16(17)24-20-10-14(3)22-21(25-20)23-15-8-9-18-19(11-15)27-12-26-18/h4-11,13H,12H2,1-3H3,(H2,22,23,24,25). The van der Waals surface area contributed by atoms with E-state index in [0.717, 1.165) is 28.6 Å². The topological polar surface area (TPSA) is 77.5 Å². The van der Waals surface area contributed by atoms with Gasteiger partial charge < -0.3 is 24.8 Å². The van der Waals surface area contributed by atoms with Crippen LogP contribution in [-0.2, 0) is 0 Å². The Bertz CT molecular complexity index is 991. The zero-order valence-electron chi connectivity index (χ0n) is 16.0. The zero-order valence-corrected chi connectivity index (χ0v) is 16.0. The molecule has 0 atom stereocenters. The maximum atomic E-state index is 5.87. The highest BCUT2D eigenvalue weighted by Gasteiger charge is 2.14. The van der Waals surface area contributed by atoms with Gasteiger partial charge in [-0.2, -0.15) is 4.98 Å². The zero-order chi connectivity index (χ0) is 19.5. The molecule has 28 heavy (non-hydrogen) atoms. The molecule has 0 amide bonds. The molecule has 1 aromatic heterocycles. The number of aryl methyl sites for hydroxylation is 1. The molecule has 0 radical (unpaired) electrons. The van der Waals surface area contributed by atoms with Crippen molar-refractivity contribution in [2.45, 2.75) is 26.9 Å². The Morgan fingerprint density at radius 2 is 1.79 bits per heavy atom. The number of hydrogen-bond donors (Lipinski definition) is 2. The molecule has 0 fully saturated rings. The Balaban J connectivity index is 1.56. The van der Waals surface area contributed by atoms with Crippen molar-refractivity contribution in [2.75, 3.05) is 17.4 Å². The van der Waals surface area contributed by atoms with E-state index in [0.29, 0.717) is 17.5 Å². The summed E-state index contributed by atoms with van der Waals surface area (Å²) in [5.41, 5.74) is 2.51. The Labute approximate surface area is 163 Å². The molecule has 3 aromatic rings. The number of anilines is 4. The largest absolute Gasteiger partial charge is 0.489 e. The lowest BCUT2D eigenvalue weighted by Crippen LogP contribution is -2.08. The van der Waals surface area contributed by atoms with Crippen molar-refractivity contribution < 1.29 is 14.2 Å². The number of fused-ring (bicyclic) bond motifs is 1. The third kappa shape index (κ3) is 4.09. The predicted octanol–water partition coefficient (Wildman–Crippen LogP) is 4.79. The average Bonchev–Trinajstić information content (AvgIpc) is 3.10. The molecule has 1 aliphatic heterocycles. The third-order valence-corrected chi connectivity index (χ3v) is 4.00. The van der Waals surface area contributed by atoms with Crippen LogP contribution >= 0.6 is 0 Å². The first kappa shape index (κ1) is 17.9. The quantitative estimate of drug-likeness (QED) is 0.639. The van der Waals surface area contributed by atoms with Crippen molar-refractivity contribution >= 4 is 23.1 Å². The highest BCUT2D eigenvalue weighted by atomic mass is 16.7. The first-order valence-corrected chi connectivity index (χ1v) is 9.12. The Hall–Kier alpha value is -3.48. The Morgan fingerprint density at radius 3 is 2.64 bits per heavy atom. The maximum Gasteiger partial charge on any atom is 0.231 e. The van der Waals surface area contributed by atoms with Crippen molar-refractivity contribution in [3.05, 3.63) is 54.2 Å². The summed E-state index contributed by atoms with van der Waals surface area (Å²) in [6, 6.07) is 15.3. The molecule has 0 aliphatic carbocycles. The van der Waals surface area contributed by atoms with E-state index in [1.54, 1.807) is 0 Å². The van der Waals surface area contributed by atoms with Gasteiger partial charge in [-0.25, -0.2) is 4.98 Å². The van der Waals surface area contributed by atoms with E-state index in [4.69, 9.17) is 14.2 Å². The second kappa shape index (κ2) is 7.64. The molecule has 2 heterocycles. The van der Waals surface area contributed by atoms with Gasteiger partial charge in [0.2, 0.25) is 12.7 Å². The summed E-state index contributed by atoms with van der Waals surface area (Å²) in [5, 5.41) is 6.54. The second-order valence-corrected chi connectivity index (χ2v) is 6.70. The van der Waals surface area contributed by atoms with Crippen molar-refractivity contribution in [1.82, 2.24) is 9.97 Å². The number of ether oxygens (including phenoxy) is 3. The molecule has 1 aliphatic rings. The lowest BCUT2D eigenvalue weighted by atomic mass is 10.2. The summed E-state index contributed by atoms with van der Waals surface area (Å²) in [7, 11) is 0. The molecule has 4 rings (SSSR count). The van der Waals surface area contributed by atoms with Gasteiger partial charge in [0.25, 0.3) is 0 Å². The van der Waals surface area contributed by atoms with Crippen molar-refractivity contribution in [1.29, 1.82) is 0 Å². The molecule has 0 unspecified atom stereocenters. The van der Waals surface area contributed by atoms with Crippen LogP contribution in [-0.4, -0.2) is 22.9 Å². The van der Waals surface area contributed by atoms with Gasteiger partial charge in [-0.3, -0.25) is 0 Å². The molecule has 144 valence electrons. The Morgan fingerprint density at radius 1 is 0.964 bits per heavy atom. The van der Waals surface area contributed by atoms with Crippen molar-refractivity contribution in [3.8, 4) is 17.2 Å². The van der Waals surface area contributed by atoms with E-state index in [-0.39, 0.29) is 12.9 Å². The van der Waals surface area contributed by atoms with E-state index in [1.165, 1.54) is 0 Å². The van der Waals surface area contributed by atoms with Gasteiger partial charge in [-0.05, 0) is 45.0 Å². The van der Waals surface area contributed by atoms with Crippen LogP contribution in [0.3, 0.4) is 0 Å². The van der Waals surface area contributed by atoms with E-state index >= 15 is 0 Å². The van der Waals surface area contributed by atoms with Crippen LogP contribution in [0.2, 0.25) is 0 Å². The summed E-state index contributed by atoms with van der Waals surface area (Å²) in [5.74, 6) is 3.38. The summed E-state index contributed by atoms with van der Waals surface area (Å²) in [4.78, 5) is 9.05. The smallest absolute Gasteiger partial charge is 0.231 e. The molecule has 0 saturated heterocycles. The summed E-state index contributed by atoms with van der Waals surface area (Å²) in [6.07, 6.45) is 0.0818. The van der Waals surface area contributed by atoms with E-state index in [9.17, 15) is 0 Å². The summed E-state index contributed by atoms with van der Waals surface area (Å²) >= 11 is 0. The van der Waals surface area contributed by atoms with E-state index in [2.05, 4.69) is 20.6 Å². The van der Waals surface area contributed by atoms with Gasteiger partial charge >= 0.3 is 0 Å². The van der Waals surface area contributed by atoms with Crippen LogP contribution in [0.25, 0.3) is 0 Å². The number of para-hydroxylation sites is 2. The summed E-state index contributed by atoms with van der Waals surface area (Å²) in [6.45, 7) is 6.16. The molecule has 0 spiro atoms. The molecule has 7 nitrogen and oxygen atoms in total. The minimum absolute atomic E-state index is 0.0818. The van der Waals surface area contributed by atoms with Crippen LogP contribution in [0.4, 0.5) is 23.1 Å². The fraction of sp³-hybridized carbons (Fsp3) is 0.238. The minimum Gasteiger partial charge on any atom is -0.489 e. The number of rotatable bonds is 6. The molecule has 2 aromatic carbocycles. The fourth-order valence-electron chi connectivity index (χ4n) is 2.86. The number of benzene rings is 2. The average molecular weight is 378 g/mol. The predicted molar refractivity (Wildman–Crippen MR) is 108 cm³/mol. The monoisotopic (exact) mass is 378 g/mol. The summed E-state index contributed by atoms with van der Waals surface area (Å²) < 4.78 is 16.6. The SMILES string of the molecule is Cc1cc(Nc2ccccc2OC(C)C)nc(Nc2ccc3c(c2)OCO3)n1. The number of nitrogens with one attached hydrogen (secondary N) is 2. The Kier molecular flexibility index (Phi) is 4.89. The highest BCUT2D eigenvalue weighted by molar-refractivity contribution is 5.66. The van der Waals surface area contributed by atoms with E-state index in [1.807, 2.05) is 69.3 Å². The number of nitrogens with zero attached hydrogens (tertiary/aromatic N) is 2. The lowest BCUT2D eigenvalue weighted by molar-refractivity contribution is 0.174. The van der Waals surface area contributed by atoms with Gasteiger partial charge in [-0.15, -0.1) is 0 Å². The molecule has 7 heteroatoms.